The van der Waals surface area contributed by atoms with Crippen molar-refractivity contribution in [3.05, 3.63) is 71.0 Å². The maximum atomic E-state index is 13.3. The van der Waals surface area contributed by atoms with Crippen molar-refractivity contribution in [2.75, 3.05) is 0 Å². The number of benzene rings is 2. The molecule has 0 heterocycles. The van der Waals surface area contributed by atoms with Gasteiger partial charge in [0.2, 0.25) is 0 Å². The summed E-state index contributed by atoms with van der Waals surface area (Å²) in [6.07, 6.45) is 0. The van der Waals surface area contributed by atoms with E-state index in [0.29, 0.717) is 11.6 Å². The third-order valence-electron chi connectivity index (χ3n) is 2.52. The lowest BCUT2D eigenvalue weighted by Crippen LogP contribution is -2.23. The van der Waals surface area contributed by atoms with Crippen molar-refractivity contribution in [3.8, 4) is 0 Å². The van der Waals surface area contributed by atoms with Crippen LogP contribution >= 0.6 is 0 Å². The Morgan fingerprint density at radius 3 is 2.42 bits per heavy atom. The summed E-state index contributed by atoms with van der Waals surface area (Å²) in [4.78, 5) is 11.7. The molecule has 1 amide bonds. The van der Waals surface area contributed by atoms with E-state index in [2.05, 4.69) is 5.32 Å². The molecule has 2 rings (SSSR count). The number of halogens is 3. The van der Waals surface area contributed by atoms with Crippen molar-refractivity contribution in [2.45, 2.75) is 6.54 Å². The van der Waals surface area contributed by atoms with Crippen LogP contribution in [-0.4, -0.2) is 5.91 Å². The number of hydrogen-bond donors (Lipinski definition) is 1. The second-order valence-electron chi connectivity index (χ2n) is 3.94. The molecular weight excluding hydrogens is 255 g/mol. The van der Waals surface area contributed by atoms with Crippen LogP contribution in [0.2, 0.25) is 0 Å². The molecule has 0 aliphatic heterocycles. The lowest BCUT2D eigenvalue weighted by Gasteiger charge is -2.06. The first-order valence-electron chi connectivity index (χ1n) is 5.54. The van der Waals surface area contributed by atoms with E-state index in [4.69, 9.17) is 0 Å². The quantitative estimate of drug-likeness (QED) is 0.908. The van der Waals surface area contributed by atoms with E-state index in [1.54, 1.807) is 6.07 Å². The number of nitrogens with one attached hydrogen (secondary N) is 1. The molecule has 0 aliphatic carbocycles. The second-order valence-corrected chi connectivity index (χ2v) is 3.94. The van der Waals surface area contributed by atoms with Gasteiger partial charge >= 0.3 is 0 Å². The van der Waals surface area contributed by atoms with E-state index in [1.165, 1.54) is 18.2 Å². The van der Waals surface area contributed by atoms with Crippen LogP contribution in [0.4, 0.5) is 13.2 Å². The standard InChI is InChI=1S/C14H10F3NO/c15-10-3-1-2-9(6-10)8-18-14(19)12-5-4-11(16)7-13(12)17/h1-7H,8H2,(H,18,19). The molecule has 0 spiro atoms. The number of carbonyl (C=O) groups excluding carboxylic acids is 1. The van der Waals surface area contributed by atoms with Gasteiger partial charge in [0.05, 0.1) is 5.56 Å². The zero-order valence-corrected chi connectivity index (χ0v) is 9.79. The van der Waals surface area contributed by atoms with Crippen LogP contribution in [0.1, 0.15) is 15.9 Å². The van der Waals surface area contributed by atoms with Gasteiger partial charge in [-0.15, -0.1) is 0 Å². The van der Waals surface area contributed by atoms with Crippen LogP contribution in [0, 0.1) is 17.5 Å². The Kier molecular flexibility index (Phi) is 3.85. The Morgan fingerprint density at radius 2 is 1.74 bits per heavy atom. The summed E-state index contributed by atoms with van der Waals surface area (Å²) in [6.45, 7) is 0.0629. The van der Waals surface area contributed by atoms with Gasteiger partial charge in [0.1, 0.15) is 17.5 Å². The Morgan fingerprint density at radius 1 is 1.00 bits per heavy atom. The molecule has 98 valence electrons. The maximum absolute atomic E-state index is 13.3. The predicted octanol–water partition coefficient (Wildman–Crippen LogP) is 3.03. The van der Waals surface area contributed by atoms with Crippen LogP contribution in [-0.2, 0) is 6.54 Å². The summed E-state index contributed by atoms with van der Waals surface area (Å²) in [7, 11) is 0. The molecule has 0 aromatic heterocycles. The minimum atomic E-state index is -0.934. The molecule has 0 fully saturated rings. The Bertz CT molecular complexity index is 613. The molecular formula is C14H10F3NO. The summed E-state index contributed by atoms with van der Waals surface area (Å²) < 4.78 is 38.9. The van der Waals surface area contributed by atoms with Crippen molar-refractivity contribution in [1.82, 2.24) is 5.32 Å². The summed E-state index contributed by atoms with van der Waals surface area (Å²) in [6, 6.07) is 8.38. The fraction of sp³-hybridized carbons (Fsp3) is 0.0714. The topological polar surface area (TPSA) is 29.1 Å². The lowest BCUT2D eigenvalue weighted by atomic mass is 10.1. The monoisotopic (exact) mass is 265 g/mol. The highest BCUT2D eigenvalue weighted by atomic mass is 19.1. The lowest BCUT2D eigenvalue weighted by molar-refractivity contribution is 0.0946. The molecule has 5 heteroatoms. The van der Waals surface area contributed by atoms with E-state index in [1.807, 2.05) is 0 Å². The second kappa shape index (κ2) is 5.56. The summed E-state index contributed by atoms with van der Waals surface area (Å²) in [5.74, 6) is -2.78. The van der Waals surface area contributed by atoms with E-state index >= 15 is 0 Å². The summed E-state index contributed by atoms with van der Waals surface area (Å²) in [5, 5.41) is 2.43. The Labute approximate surface area is 107 Å². The van der Waals surface area contributed by atoms with Crippen LogP contribution in [0.3, 0.4) is 0 Å². The molecule has 0 atom stereocenters. The molecule has 0 saturated heterocycles. The van der Waals surface area contributed by atoms with Crippen LogP contribution in [0.15, 0.2) is 42.5 Å². The normalized spacial score (nSPS) is 10.3. The van der Waals surface area contributed by atoms with Gasteiger partial charge in [-0.05, 0) is 29.8 Å². The Hall–Kier alpha value is -2.30. The third kappa shape index (κ3) is 3.34. The molecule has 0 saturated carbocycles. The molecule has 2 nitrogen and oxygen atoms in total. The van der Waals surface area contributed by atoms with Gasteiger partial charge in [0.15, 0.2) is 0 Å². The predicted molar refractivity (Wildman–Crippen MR) is 63.9 cm³/mol. The first-order valence-corrected chi connectivity index (χ1v) is 5.54. The maximum Gasteiger partial charge on any atom is 0.254 e. The molecule has 0 radical (unpaired) electrons. The zero-order valence-electron chi connectivity index (χ0n) is 9.79. The number of hydrogen-bond acceptors (Lipinski definition) is 1. The first kappa shape index (κ1) is 13.1. The van der Waals surface area contributed by atoms with Crippen molar-refractivity contribution in [2.24, 2.45) is 0 Å². The highest BCUT2D eigenvalue weighted by Gasteiger charge is 2.12. The molecule has 1 N–H and O–H groups in total. The van der Waals surface area contributed by atoms with Crippen LogP contribution in [0.25, 0.3) is 0 Å². The molecule has 19 heavy (non-hydrogen) atoms. The van der Waals surface area contributed by atoms with E-state index in [-0.39, 0.29) is 12.1 Å². The molecule has 0 unspecified atom stereocenters. The number of amides is 1. The summed E-state index contributed by atoms with van der Waals surface area (Å²) in [5.41, 5.74) is 0.300. The average molecular weight is 265 g/mol. The molecule has 0 bridgehead atoms. The van der Waals surface area contributed by atoms with E-state index in [0.717, 1.165) is 12.1 Å². The van der Waals surface area contributed by atoms with Gasteiger partial charge in [-0.3, -0.25) is 4.79 Å². The van der Waals surface area contributed by atoms with E-state index in [9.17, 15) is 18.0 Å². The molecule has 2 aromatic rings. The van der Waals surface area contributed by atoms with Crippen molar-refractivity contribution < 1.29 is 18.0 Å². The van der Waals surface area contributed by atoms with Crippen molar-refractivity contribution in [3.63, 3.8) is 0 Å². The highest BCUT2D eigenvalue weighted by Crippen LogP contribution is 2.10. The van der Waals surface area contributed by atoms with Gasteiger partial charge in [0.25, 0.3) is 5.91 Å². The fourth-order valence-electron chi connectivity index (χ4n) is 1.60. The fourth-order valence-corrected chi connectivity index (χ4v) is 1.60. The highest BCUT2D eigenvalue weighted by molar-refractivity contribution is 5.94. The number of rotatable bonds is 3. The van der Waals surface area contributed by atoms with Crippen molar-refractivity contribution in [1.29, 1.82) is 0 Å². The minimum Gasteiger partial charge on any atom is -0.348 e. The number of carbonyl (C=O) groups is 1. The van der Waals surface area contributed by atoms with Gasteiger partial charge in [-0.25, -0.2) is 13.2 Å². The van der Waals surface area contributed by atoms with Crippen LogP contribution in [0.5, 0.6) is 0 Å². The minimum absolute atomic E-state index is 0.0629. The van der Waals surface area contributed by atoms with Gasteiger partial charge in [-0.2, -0.15) is 0 Å². The Balaban J connectivity index is 2.05. The summed E-state index contributed by atoms with van der Waals surface area (Å²) >= 11 is 0. The smallest absolute Gasteiger partial charge is 0.254 e. The molecule has 0 aliphatic rings. The van der Waals surface area contributed by atoms with E-state index < -0.39 is 23.4 Å². The van der Waals surface area contributed by atoms with Crippen LogP contribution < -0.4 is 5.32 Å². The zero-order chi connectivity index (χ0) is 13.8. The van der Waals surface area contributed by atoms with Crippen molar-refractivity contribution >= 4 is 5.91 Å². The average Bonchev–Trinajstić information content (AvgIpc) is 2.36. The SMILES string of the molecule is O=C(NCc1cccc(F)c1)c1ccc(F)cc1F. The first-order chi connectivity index (χ1) is 9.06. The largest absolute Gasteiger partial charge is 0.348 e. The third-order valence-corrected chi connectivity index (χ3v) is 2.52. The molecule has 2 aromatic carbocycles. The van der Waals surface area contributed by atoms with Gasteiger partial charge < -0.3 is 5.32 Å². The van der Waals surface area contributed by atoms with Gasteiger partial charge in [0, 0.05) is 12.6 Å². The van der Waals surface area contributed by atoms with Gasteiger partial charge in [-0.1, -0.05) is 12.1 Å².